The third-order valence-corrected chi connectivity index (χ3v) is 4.55. The number of hydrogen-bond donors (Lipinski definition) is 0. The summed E-state index contributed by atoms with van der Waals surface area (Å²) in [6.45, 7) is 8.84. The minimum absolute atomic E-state index is 0.225. The number of carbonyl (C=O) groups is 1. The molecule has 0 bridgehead atoms. The maximum absolute atomic E-state index is 12.8. The Bertz CT molecular complexity index is 757. The SMILES string of the molecule is CCCCC/C(=C/c1ccccc1)c1c(C)cccc1C(=O)OCC(C)C. The van der Waals surface area contributed by atoms with Gasteiger partial charge in [0.1, 0.15) is 0 Å². The Kier molecular flexibility index (Phi) is 8.32. The van der Waals surface area contributed by atoms with Gasteiger partial charge in [-0.2, -0.15) is 0 Å². The lowest BCUT2D eigenvalue weighted by atomic mass is 9.90. The third-order valence-electron chi connectivity index (χ3n) is 4.55. The van der Waals surface area contributed by atoms with Gasteiger partial charge in [-0.1, -0.05) is 82.2 Å². The van der Waals surface area contributed by atoms with Crippen LogP contribution in [0.4, 0.5) is 0 Å². The molecule has 0 unspecified atom stereocenters. The van der Waals surface area contributed by atoms with Gasteiger partial charge in [-0.25, -0.2) is 4.79 Å². The lowest BCUT2D eigenvalue weighted by Crippen LogP contribution is -2.13. The summed E-state index contributed by atoms with van der Waals surface area (Å²) in [6, 6.07) is 16.2. The Morgan fingerprint density at radius 2 is 1.78 bits per heavy atom. The number of ether oxygens (including phenoxy) is 1. The van der Waals surface area contributed by atoms with E-state index in [9.17, 15) is 4.79 Å². The molecule has 0 aromatic heterocycles. The zero-order valence-corrected chi connectivity index (χ0v) is 17.1. The van der Waals surface area contributed by atoms with Gasteiger partial charge in [0.2, 0.25) is 0 Å². The zero-order valence-electron chi connectivity index (χ0n) is 17.1. The number of esters is 1. The lowest BCUT2D eigenvalue weighted by molar-refractivity contribution is 0.0458. The normalized spacial score (nSPS) is 11.7. The van der Waals surface area contributed by atoms with Crippen molar-refractivity contribution in [3.8, 4) is 0 Å². The van der Waals surface area contributed by atoms with Gasteiger partial charge in [0, 0.05) is 0 Å². The Morgan fingerprint density at radius 1 is 1.04 bits per heavy atom. The molecule has 0 spiro atoms. The van der Waals surface area contributed by atoms with Crippen molar-refractivity contribution < 1.29 is 9.53 Å². The van der Waals surface area contributed by atoms with E-state index in [4.69, 9.17) is 4.74 Å². The van der Waals surface area contributed by atoms with Gasteiger partial charge in [-0.15, -0.1) is 0 Å². The van der Waals surface area contributed by atoms with Crippen molar-refractivity contribution in [2.45, 2.75) is 53.4 Å². The smallest absolute Gasteiger partial charge is 0.338 e. The predicted molar refractivity (Wildman–Crippen MR) is 115 cm³/mol. The molecule has 2 rings (SSSR count). The Balaban J connectivity index is 2.44. The maximum atomic E-state index is 12.8. The molecule has 0 heterocycles. The summed E-state index contributed by atoms with van der Waals surface area (Å²) in [4.78, 5) is 12.8. The quantitative estimate of drug-likeness (QED) is 0.274. The van der Waals surface area contributed by atoms with Crippen LogP contribution in [0.25, 0.3) is 11.6 Å². The number of allylic oxidation sites excluding steroid dienone is 1. The molecule has 0 aliphatic heterocycles. The first-order chi connectivity index (χ1) is 13.0. The van der Waals surface area contributed by atoms with Crippen LogP contribution in [0.15, 0.2) is 48.5 Å². The van der Waals surface area contributed by atoms with Crippen molar-refractivity contribution in [3.05, 3.63) is 70.8 Å². The molecule has 0 aliphatic carbocycles. The topological polar surface area (TPSA) is 26.3 Å². The molecule has 0 radical (unpaired) electrons. The molecule has 0 N–H and O–H groups in total. The van der Waals surface area contributed by atoms with Crippen molar-refractivity contribution in [1.82, 2.24) is 0 Å². The van der Waals surface area contributed by atoms with Crippen molar-refractivity contribution in [2.75, 3.05) is 6.61 Å². The summed E-state index contributed by atoms with van der Waals surface area (Å²) in [5.41, 5.74) is 5.20. The summed E-state index contributed by atoms with van der Waals surface area (Å²) in [5.74, 6) is 0.1000. The molecule has 0 aliphatic rings. The summed E-state index contributed by atoms with van der Waals surface area (Å²) in [5, 5.41) is 0. The largest absolute Gasteiger partial charge is 0.462 e. The van der Waals surface area contributed by atoms with Gasteiger partial charge in [-0.05, 0) is 54.0 Å². The second kappa shape index (κ2) is 10.7. The average molecular weight is 365 g/mol. The Morgan fingerprint density at radius 3 is 2.44 bits per heavy atom. The van der Waals surface area contributed by atoms with Crippen LogP contribution in [0.2, 0.25) is 0 Å². The number of carbonyl (C=O) groups excluding carboxylic acids is 1. The minimum atomic E-state index is -0.225. The maximum Gasteiger partial charge on any atom is 0.338 e. The van der Waals surface area contributed by atoms with E-state index in [1.807, 2.05) is 30.3 Å². The van der Waals surface area contributed by atoms with Gasteiger partial charge < -0.3 is 4.74 Å². The highest BCUT2D eigenvalue weighted by Gasteiger charge is 2.18. The van der Waals surface area contributed by atoms with E-state index in [1.54, 1.807) is 0 Å². The van der Waals surface area contributed by atoms with Crippen LogP contribution in [0.1, 0.15) is 73.5 Å². The number of rotatable bonds is 9. The molecule has 0 amide bonds. The van der Waals surface area contributed by atoms with E-state index in [0.29, 0.717) is 18.1 Å². The van der Waals surface area contributed by atoms with Crippen LogP contribution in [0.3, 0.4) is 0 Å². The molecule has 2 nitrogen and oxygen atoms in total. The van der Waals surface area contributed by atoms with Crippen molar-refractivity contribution in [3.63, 3.8) is 0 Å². The van der Waals surface area contributed by atoms with Crippen LogP contribution in [-0.2, 0) is 4.74 Å². The molecular formula is C25H32O2. The predicted octanol–water partition coefficient (Wildman–Crippen LogP) is 6.93. The highest BCUT2D eigenvalue weighted by molar-refractivity contribution is 5.98. The third kappa shape index (κ3) is 6.39. The number of hydrogen-bond acceptors (Lipinski definition) is 2. The van der Waals surface area contributed by atoms with E-state index in [1.165, 1.54) is 18.4 Å². The van der Waals surface area contributed by atoms with Gasteiger partial charge >= 0.3 is 5.97 Å². The van der Waals surface area contributed by atoms with Gasteiger partial charge in [-0.3, -0.25) is 0 Å². The molecule has 144 valence electrons. The first kappa shape index (κ1) is 21.0. The minimum Gasteiger partial charge on any atom is -0.462 e. The van der Waals surface area contributed by atoms with Crippen molar-refractivity contribution in [1.29, 1.82) is 0 Å². The average Bonchev–Trinajstić information content (AvgIpc) is 2.66. The van der Waals surface area contributed by atoms with Crippen LogP contribution in [-0.4, -0.2) is 12.6 Å². The first-order valence-electron chi connectivity index (χ1n) is 10.1. The molecule has 27 heavy (non-hydrogen) atoms. The van der Waals surface area contributed by atoms with Crippen molar-refractivity contribution >= 4 is 17.6 Å². The van der Waals surface area contributed by atoms with E-state index in [-0.39, 0.29) is 5.97 Å². The van der Waals surface area contributed by atoms with E-state index >= 15 is 0 Å². The van der Waals surface area contributed by atoms with E-state index < -0.39 is 0 Å². The van der Waals surface area contributed by atoms with Gasteiger partial charge in [0.15, 0.2) is 0 Å². The van der Waals surface area contributed by atoms with Crippen molar-refractivity contribution in [2.24, 2.45) is 5.92 Å². The summed E-state index contributed by atoms with van der Waals surface area (Å²) >= 11 is 0. The summed E-state index contributed by atoms with van der Waals surface area (Å²) in [6.07, 6.45) is 6.65. The fourth-order valence-electron chi connectivity index (χ4n) is 3.17. The number of unbranched alkanes of at least 4 members (excludes halogenated alkanes) is 2. The monoisotopic (exact) mass is 364 g/mol. The van der Waals surface area contributed by atoms with Crippen LogP contribution >= 0.6 is 0 Å². The van der Waals surface area contributed by atoms with E-state index in [2.05, 4.69) is 52.0 Å². The van der Waals surface area contributed by atoms with Crippen LogP contribution in [0.5, 0.6) is 0 Å². The number of aryl methyl sites for hydroxylation is 1. The molecule has 0 atom stereocenters. The first-order valence-corrected chi connectivity index (χ1v) is 10.1. The Hall–Kier alpha value is -2.35. The lowest BCUT2D eigenvalue weighted by Gasteiger charge is -2.17. The fraction of sp³-hybridized carbons (Fsp3) is 0.400. The van der Waals surface area contributed by atoms with Crippen LogP contribution < -0.4 is 0 Å². The zero-order chi connectivity index (χ0) is 19.6. The molecule has 0 saturated heterocycles. The highest BCUT2D eigenvalue weighted by Crippen LogP contribution is 2.30. The molecule has 0 saturated carbocycles. The Labute approximate surface area is 164 Å². The second-order valence-corrected chi connectivity index (χ2v) is 7.53. The molecule has 0 fully saturated rings. The number of benzene rings is 2. The molecular weight excluding hydrogens is 332 g/mol. The summed E-state index contributed by atoms with van der Waals surface area (Å²) < 4.78 is 5.55. The van der Waals surface area contributed by atoms with Crippen LogP contribution in [0, 0.1) is 12.8 Å². The van der Waals surface area contributed by atoms with Gasteiger partial charge in [0.25, 0.3) is 0 Å². The highest BCUT2D eigenvalue weighted by atomic mass is 16.5. The second-order valence-electron chi connectivity index (χ2n) is 7.53. The van der Waals surface area contributed by atoms with E-state index in [0.717, 1.165) is 29.5 Å². The van der Waals surface area contributed by atoms with Gasteiger partial charge in [0.05, 0.1) is 12.2 Å². The standard InChI is InChI=1S/C25H32O2/c1-5-6-8-15-22(17-21-13-9-7-10-14-21)24-20(4)12-11-16-23(24)25(26)27-18-19(2)3/h7,9-14,16-17,19H,5-6,8,15,18H2,1-4H3/b22-17-. The summed E-state index contributed by atoms with van der Waals surface area (Å²) in [7, 11) is 0. The molecule has 2 heteroatoms. The molecule has 2 aromatic carbocycles. The molecule has 2 aromatic rings. The fourth-order valence-corrected chi connectivity index (χ4v) is 3.17.